The first-order valence-electron chi connectivity index (χ1n) is 14.2. The number of hydrogen-bond donors (Lipinski definition) is 3. The number of amides is 1. The molecular weight excluding hydrogens is 577 g/mol. The number of piperidine rings is 1. The number of aliphatic hydroxyl groups is 1. The largest absolute Gasteiger partial charge is 0.394 e. The molecule has 13 heteroatoms. The van der Waals surface area contributed by atoms with Gasteiger partial charge in [0.2, 0.25) is 15.9 Å². The lowest BCUT2D eigenvalue weighted by Gasteiger charge is -2.34. The monoisotopic (exact) mass is 613 g/mol. The number of nitrogens with zero attached hydrogens (tertiary/aromatic N) is 3. The highest BCUT2D eigenvalue weighted by Gasteiger charge is 2.33. The number of nitrogens with one attached hydrogen (secondary N) is 2. The van der Waals surface area contributed by atoms with Gasteiger partial charge in [0, 0.05) is 37.6 Å². The molecule has 11 nitrogen and oxygen atoms in total. The molecule has 1 aliphatic heterocycles. The zero-order chi connectivity index (χ0) is 30.8. The quantitative estimate of drug-likeness (QED) is 0.184. The lowest BCUT2D eigenvalue weighted by Crippen LogP contribution is -2.51. The van der Waals surface area contributed by atoms with Crippen molar-refractivity contribution in [2.45, 2.75) is 49.1 Å². The average Bonchev–Trinajstić information content (AvgIpc) is 3.01. The number of aromatic nitrogens is 1. The molecule has 43 heavy (non-hydrogen) atoms. The van der Waals surface area contributed by atoms with Gasteiger partial charge in [-0.3, -0.25) is 24.3 Å². The first-order valence-corrected chi connectivity index (χ1v) is 15.6. The minimum Gasteiger partial charge on any atom is -0.394 e. The minimum absolute atomic E-state index is 0.0449. The van der Waals surface area contributed by atoms with Crippen LogP contribution in [0, 0.1) is 16.0 Å². The second-order valence-corrected chi connectivity index (χ2v) is 12.3. The van der Waals surface area contributed by atoms with Gasteiger partial charge >= 0.3 is 0 Å². The predicted molar refractivity (Wildman–Crippen MR) is 160 cm³/mol. The highest BCUT2D eigenvalue weighted by atomic mass is 32.2. The van der Waals surface area contributed by atoms with Gasteiger partial charge in [0.25, 0.3) is 5.69 Å². The number of halogens is 1. The molecular formula is C30H36FN5O6S. The fourth-order valence-corrected chi connectivity index (χ4v) is 6.53. The highest BCUT2D eigenvalue weighted by molar-refractivity contribution is 7.89. The molecule has 2 aromatic carbocycles. The molecule has 3 N–H and O–H groups in total. The number of aliphatic hydroxyl groups excluding tert-OH is 1. The van der Waals surface area contributed by atoms with Crippen molar-refractivity contribution in [2.24, 2.45) is 5.92 Å². The second-order valence-electron chi connectivity index (χ2n) is 10.6. The maximum atomic E-state index is 13.8. The fraction of sp³-hybridized carbons (Fsp3) is 0.400. The number of anilines is 1. The Balaban J connectivity index is 1.57. The zero-order valence-electron chi connectivity index (χ0n) is 23.6. The smallest absolute Gasteiger partial charge is 0.269 e. The molecule has 1 saturated heterocycles. The molecule has 230 valence electrons. The minimum atomic E-state index is -4.32. The summed E-state index contributed by atoms with van der Waals surface area (Å²) in [4.78, 5) is 29.7. The first-order chi connectivity index (χ1) is 20.7. The van der Waals surface area contributed by atoms with E-state index < -0.39 is 39.6 Å². The normalized spacial score (nSPS) is 15.5. The van der Waals surface area contributed by atoms with Crippen LogP contribution >= 0.6 is 0 Å². The Morgan fingerprint density at radius 2 is 1.74 bits per heavy atom. The molecule has 1 fully saturated rings. The van der Waals surface area contributed by atoms with E-state index in [1.165, 1.54) is 42.7 Å². The van der Waals surface area contributed by atoms with Crippen LogP contribution in [-0.4, -0.2) is 72.7 Å². The molecule has 0 bridgehead atoms. The summed E-state index contributed by atoms with van der Waals surface area (Å²) in [5.74, 6) is -0.269. The van der Waals surface area contributed by atoms with Gasteiger partial charge in [-0.15, -0.1) is 0 Å². The van der Waals surface area contributed by atoms with Crippen molar-refractivity contribution < 1.29 is 27.6 Å². The number of non-ortho nitro benzene ring substituents is 1. The summed E-state index contributed by atoms with van der Waals surface area (Å²) >= 11 is 0. The molecule has 0 spiro atoms. The van der Waals surface area contributed by atoms with Crippen LogP contribution in [0.1, 0.15) is 30.4 Å². The summed E-state index contributed by atoms with van der Waals surface area (Å²) in [6.45, 7) is 0.0631. The molecule has 2 heterocycles. The molecule has 0 aliphatic carbocycles. The SMILES string of the molecule is O=C([C@H](Cc1ccc([N+](=O)[O-])cc1)NS(=O)(=O)c1cnccc1N[C@H](CO)Cc1ccccc1)N1CCC(CCF)CC1. The first kappa shape index (κ1) is 32.0. The van der Waals surface area contributed by atoms with E-state index >= 15 is 0 Å². The predicted octanol–water partition coefficient (Wildman–Crippen LogP) is 3.49. The Morgan fingerprint density at radius 1 is 1.07 bits per heavy atom. The molecule has 1 aliphatic rings. The van der Waals surface area contributed by atoms with E-state index in [-0.39, 0.29) is 35.2 Å². The maximum Gasteiger partial charge on any atom is 0.269 e. The number of alkyl halides is 1. The Bertz CT molecular complexity index is 1470. The van der Waals surface area contributed by atoms with Gasteiger partial charge in [-0.05, 0) is 55.2 Å². The fourth-order valence-electron chi connectivity index (χ4n) is 5.23. The average molecular weight is 614 g/mol. The third kappa shape index (κ3) is 8.78. The van der Waals surface area contributed by atoms with Crippen LogP contribution in [0.2, 0.25) is 0 Å². The Hall–Kier alpha value is -3.94. The molecule has 2 atom stereocenters. The van der Waals surface area contributed by atoms with Crippen molar-refractivity contribution >= 4 is 27.3 Å². The topological polar surface area (TPSA) is 155 Å². The summed E-state index contributed by atoms with van der Waals surface area (Å²) in [5, 5.41) is 24.2. The molecule has 1 amide bonds. The number of nitro benzene ring substituents is 1. The summed E-state index contributed by atoms with van der Waals surface area (Å²) in [7, 11) is -4.32. The Morgan fingerprint density at radius 3 is 2.37 bits per heavy atom. The number of sulfonamides is 1. The van der Waals surface area contributed by atoms with Crippen LogP contribution in [0.4, 0.5) is 15.8 Å². The molecule has 1 aromatic heterocycles. The number of pyridine rings is 1. The number of nitro groups is 1. The zero-order valence-corrected chi connectivity index (χ0v) is 24.5. The van der Waals surface area contributed by atoms with E-state index in [1.54, 1.807) is 4.90 Å². The van der Waals surface area contributed by atoms with Crippen LogP contribution in [0.25, 0.3) is 0 Å². The van der Waals surface area contributed by atoms with Gasteiger partial charge < -0.3 is 15.3 Å². The van der Waals surface area contributed by atoms with E-state index in [0.717, 1.165) is 5.56 Å². The molecule has 4 rings (SSSR count). The van der Waals surface area contributed by atoms with Gasteiger partial charge in [-0.1, -0.05) is 42.5 Å². The number of benzene rings is 2. The van der Waals surface area contributed by atoms with Crippen LogP contribution in [0.5, 0.6) is 0 Å². The molecule has 0 radical (unpaired) electrons. The van der Waals surface area contributed by atoms with Gasteiger partial charge in [0.15, 0.2) is 0 Å². The number of carbonyl (C=O) groups excluding carboxylic acids is 1. The van der Waals surface area contributed by atoms with Gasteiger partial charge in [0.1, 0.15) is 10.9 Å². The number of carbonyl (C=O) groups is 1. The van der Waals surface area contributed by atoms with Crippen LogP contribution in [-0.2, 0) is 27.7 Å². The van der Waals surface area contributed by atoms with E-state index in [0.29, 0.717) is 44.3 Å². The van der Waals surface area contributed by atoms with Crippen LogP contribution in [0.3, 0.4) is 0 Å². The third-order valence-electron chi connectivity index (χ3n) is 7.61. The lowest BCUT2D eigenvalue weighted by molar-refractivity contribution is -0.384. The lowest BCUT2D eigenvalue weighted by atomic mass is 9.93. The summed E-state index contributed by atoms with van der Waals surface area (Å²) in [6.07, 6.45) is 4.66. The van der Waals surface area contributed by atoms with E-state index in [9.17, 15) is 32.8 Å². The highest BCUT2D eigenvalue weighted by Crippen LogP contribution is 2.25. The van der Waals surface area contributed by atoms with Crippen molar-refractivity contribution in [3.8, 4) is 0 Å². The molecule has 0 unspecified atom stereocenters. The molecule has 0 saturated carbocycles. The maximum absolute atomic E-state index is 13.8. The van der Waals surface area contributed by atoms with Gasteiger partial charge in [-0.25, -0.2) is 8.42 Å². The van der Waals surface area contributed by atoms with Gasteiger partial charge in [0.05, 0.1) is 29.9 Å². The van der Waals surface area contributed by atoms with Crippen molar-refractivity contribution in [3.05, 3.63) is 94.3 Å². The van der Waals surface area contributed by atoms with E-state index in [2.05, 4.69) is 15.0 Å². The number of hydrogen-bond acceptors (Lipinski definition) is 8. The Labute approximate surface area is 250 Å². The standard InChI is InChI=1S/C30H36FN5O6S/c31-14-10-22-12-16-35(17-13-22)30(38)28(19-24-6-8-26(9-7-24)36(39)40)34-43(41,42)29-20-32-15-11-27(29)33-25(21-37)18-23-4-2-1-3-5-23/h1-9,11,15,20,22,25,28,34,37H,10,12-14,16-19,21H2,(H,32,33)/t25-,28-/m0/s1. The van der Waals surface area contributed by atoms with Crippen LogP contribution < -0.4 is 10.0 Å². The van der Waals surface area contributed by atoms with Gasteiger partial charge in [-0.2, -0.15) is 4.72 Å². The van der Waals surface area contributed by atoms with Crippen LogP contribution in [0.15, 0.2) is 78.0 Å². The van der Waals surface area contributed by atoms with Crippen molar-refractivity contribution in [3.63, 3.8) is 0 Å². The molecule has 3 aromatic rings. The van der Waals surface area contributed by atoms with Crippen molar-refractivity contribution in [1.29, 1.82) is 0 Å². The van der Waals surface area contributed by atoms with E-state index in [1.807, 2.05) is 30.3 Å². The summed E-state index contributed by atoms with van der Waals surface area (Å²) in [5.41, 5.74) is 1.58. The third-order valence-corrected chi connectivity index (χ3v) is 9.10. The summed E-state index contributed by atoms with van der Waals surface area (Å²) in [6, 6.07) is 14.8. The van der Waals surface area contributed by atoms with Crippen molar-refractivity contribution in [1.82, 2.24) is 14.6 Å². The number of rotatable bonds is 14. The summed E-state index contributed by atoms with van der Waals surface area (Å²) < 4.78 is 43.0. The Kier molecular flexibility index (Phi) is 11.1. The number of likely N-dealkylation sites (tertiary alicyclic amines) is 1. The van der Waals surface area contributed by atoms with E-state index in [4.69, 9.17) is 0 Å². The second kappa shape index (κ2) is 15.0. The van der Waals surface area contributed by atoms with Crippen molar-refractivity contribution in [2.75, 3.05) is 31.7 Å².